The van der Waals surface area contributed by atoms with Crippen LogP contribution in [0.2, 0.25) is 0 Å². The molecular formula is C29H34F4O. The van der Waals surface area contributed by atoms with E-state index >= 15 is 0 Å². The van der Waals surface area contributed by atoms with E-state index in [1.54, 1.807) is 18.2 Å². The van der Waals surface area contributed by atoms with E-state index in [0.717, 1.165) is 63.4 Å². The first-order valence-electron chi connectivity index (χ1n) is 12.6. The largest absolute Gasteiger partial charge is 0.494 e. The molecule has 2 aromatic rings. The Hall–Kier alpha value is -2.30. The van der Waals surface area contributed by atoms with E-state index in [1.807, 2.05) is 0 Å². The first-order chi connectivity index (χ1) is 16.4. The Labute approximate surface area is 200 Å². The first kappa shape index (κ1) is 24.8. The lowest BCUT2D eigenvalue weighted by Gasteiger charge is -2.29. The third-order valence-corrected chi connectivity index (χ3v) is 8.01. The van der Waals surface area contributed by atoms with Crippen molar-refractivity contribution in [2.45, 2.75) is 77.0 Å². The van der Waals surface area contributed by atoms with Crippen LogP contribution in [-0.4, -0.2) is 7.11 Å². The molecule has 0 aliphatic heterocycles. The number of halogens is 4. The molecule has 0 N–H and O–H groups in total. The lowest BCUT2D eigenvalue weighted by Crippen LogP contribution is -2.16. The number of allylic oxidation sites excluding steroid dienone is 2. The minimum absolute atomic E-state index is 0.0267. The molecule has 0 spiro atoms. The third kappa shape index (κ3) is 5.18. The maximum Gasteiger partial charge on any atom is 0.200 e. The van der Waals surface area contributed by atoms with Crippen molar-refractivity contribution in [2.75, 3.05) is 7.11 Å². The van der Waals surface area contributed by atoms with Gasteiger partial charge in [0.25, 0.3) is 0 Å². The molecular weight excluding hydrogens is 440 g/mol. The van der Waals surface area contributed by atoms with Gasteiger partial charge in [-0.25, -0.2) is 13.2 Å². The van der Waals surface area contributed by atoms with Crippen LogP contribution in [0.4, 0.5) is 17.6 Å². The van der Waals surface area contributed by atoms with E-state index in [0.29, 0.717) is 34.9 Å². The normalized spacial score (nSPS) is 23.0. The average Bonchev–Trinajstić information content (AvgIpc) is 2.87. The molecule has 1 unspecified atom stereocenters. The van der Waals surface area contributed by atoms with Crippen molar-refractivity contribution in [3.8, 4) is 5.75 Å². The third-order valence-electron chi connectivity index (χ3n) is 8.01. The molecule has 1 nitrogen and oxygen atoms in total. The number of benzene rings is 2. The second-order valence-corrected chi connectivity index (χ2v) is 9.92. The molecule has 0 amide bonds. The Morgan fingerprint density at radius 2 is 1.59 bits per heavy atom. The van der Waals surface area contributed by atoms with E-state index in [2.05, 4.69) is 13.0 Å². The highest BCUT2D eigenvalue weighted by atomic mass is 19.2. The Morgan fingerprint density at radius 1 is 0.824 bits per heavy atom. The molecule has 2 aliphatic carbocycles. The van der Waals surface area contributed by atoms with Gasteiger partial charge in [0.1, 0.15) is 0 Å². The molecule has 5 heteroatoms. The van der Waals surface area contributed by atoms with Gasteiger partial charge in [-0.2, -0.15) is 4.39 Å². The van der Waals surface area contributed by atoms with Crippen LogP contribution in [0.15, 0.2) is 30.3 Å². The van der Waals surface area contributed by atoms with Crippen molar-refractivity contribution in [3.63, 3.8) is 0 Å². The van der Waals surface area contributed by atoms with Crippen LogP contribution >= 0.6 is 0 Å². The monoisotopic (exact) mass is 474 g/mol. The summed E-state index contributed by atoms with van der Waals surface area (Å²) in [5.41, 5.74) is 2.16. The van der Waals surface area contributed by atoms with Gasteiger partial charge in [0.2, 0.25) is 5.82 Å². The molecule has 2 aromatic carbocycles. The highest BCUT2D eigenvalue weighted by Crippen LogP contribution is 2.40. The van der Waals surface area contributed by atoms with Crippen molar-refractivity contribution >= 4 is 5.57 Å². The van der Waals surface area contributed by atoms with Crippen LogP contribution < -0.4 is 4.74 Å². The molecule has 2 aliphatic rings. The maximum atomic E-state index is 14.9. The number of methoxy groups -OCH3 is 1. The van der Waals surface area contributed by atoms with Crippen molar-refractivity contribution in [3.05, 3.63) is 70.3 Å². The van der Waals surface area contributed by atoms with E-state index in [9.17, 15) is 17.6 Å². The van der Waals surface area contributed by atoms with Gasteiger partial charge in [-0.3, -0.25) is 0 Å². The number of ether oxygens (including phenoxy) is 1. The fourth-order valence-corrected chi connectivity index (χ4v) is 5.68. The number of hydrogen-bond donors (Lipinski definition) is 0. The molecule has 0 aromatic heterocycles. The summed E-state index contributed by atoms with van der Waals surface area (Å²) in [5.74, 6) is -2.29. The summed E-state index contributed by atoms with van der Waals surface area (Å²) in [6.45, 7) is 2.17. The summed E-state index contributed by atoms with van der Waals surface area (Å²) < 4.78 is 63.1. The van der Waals surface area contributed by atoms with Gasteiger partial charge in [-0.1, -0.05) is 37.6 Å². The van der Waals surface area contributed by atoms with E-state index < -0.39 is 23.3 Å². The molecule has 0 saturated heterocycles. The van der Waals surface area contributed by atoms with Crippen LogP contribution in [0.5, 0.6) is 5.75 Å². The Balaban J connectivity index is 1.34. The molecule has 1 atom stereocenters. The lowest BCUT2D eigenvalue weighted by molar-refractivity contribution is 0.302. The Morgan fingerprint density at radius 3 is 2.24 bits per heavy atom. The zero-order chi connectivity index (χ0) is 24.2. The van der Waals surface area contributed by atoms with Crippen molar-refractivity contribution < 1.29 is 22.3 Å². The first-order valence-corrected chi connectivity index (χ1v) is 12.6. The van der Waals surface area contributed by atoms with Gasteiger partial charge in [0.15, 0.2) is 23.2 Å². The van der Waals surface area contributed by atoms with Crippen LogP contribution in [0.3, 0.4) is 0 Å². The molecule has 4 rings (SSSR count). The van der Waals surface area contributed by atoms with Gasteiger partial charge >= 0.3 is 0 Å². The summed E-state index contributed by atoms with van der Waals surface area (Å²) in [5, 5.41) is 0. The van der Waals surface area contributed by atoms with Crippen LogP contribution in [0.1, 0.15) is 87.3 Å². The Bertz CT molecular complexity index is 1040. The Kier molecular flexibility index (Phi) is 8.00. The number of hydrogen-bond acceptors (Lipinski definition) is 1. The SMILES string of the molecule is CCC1CC=C(c2ccc(CCC3CCC(c4ccc(OC)c(F)c4F)CC3)c(F)c2F)CC1. The minimum atomic E-state index is -0.933. The summed E-state index contributed by atoms with van der Waals surface area (Å²) in [4.78, 5) is 0. The second kappa shape index (κ2) is 11.0. The predicted molar refractivity (Wildman–Crippen MR) is 128 cm³/mol. The van der Waals surface area contributed by atoms with Crippen LogP contribution in [-0.2, 0) is 6.42 Å². The second-order valence-electron chi connectivity index (χ2n) is 9.92. The molecule has 1 saturated carbocycles. The van der Waals surface area contributed by atoms with Crippen molar-refractivity contribution in [1.29, 1.82) is 0 Å². The fourth-order valence-electron chi connectivity index (χ4n) is 5.68. The van der Waals surface area contributed by atoms with Gasteiger partial charge in [0.05, 0.1) is 7.11 Å². The molecule has 184 valence electrons. The zero-order valence-corrected chi connectivity index (χ0v) is 20.1. The van der Waals surface area contributed by atoms with Gasteiger partial charge in [0, 0.05) is 5.56 Å². The van der Waals surface area contributed by atoms with Crippen LogP contribution in [0.25, 0.3) is 5.57 Å². The smallest absolute Gasteiger partial charge is 0.200 e. The lowest BCUT2D eigenvalue weighted by atomic mass is 9.76. The summed E-state index contributed by atoms with van der Waals surface area (Å²) in [7, 11) is 1.32. The molecule has 34 heavy (non-hydrogen) atoms. The number of aryl methyl sites for hydroxylation is 1. The number of rotatable bonds is 7. The van der Waals surface area contributed by atoms with E-state index in [-0.39, 0.29) is 11.7 Å². The molecule has 1 fully saturated rings. The van der Waals surface area contributed by atoms with Gasteiger partial charge in [-0.05, 0) is 98.3 Å². The van der Waals surface area contributed by atoms with E-state index in [4.69, 9.17) is 4.74 Å². The minimum Gasteiger partial charge on any atom is -0.494 e. The summed E-state index contributed by atoms with van der Waals surface area (Å²) in [6.07, 6.45) is 10.5. The highest BCUT2D eigenvalue weighted by molar-refractivity contribution is 5.67. The summed E-state index contributed by atoms with van der Waals surface area (Å²) in [6, 6.07) is 6.57. The summed E-state index contributed by atoms with van der Waals surface area (Å²) >= 11 is 0. The van der Waals surface area contributed by atoms with Crippen LogP contribution in [0, 0.1) is 35.1 Å². The zero-order valence-electron chi connectivity index (χ0n) is 20.1. The maximum absolute atomic E-state index is 14.9. The standard InChI is InChI=1S/C29H34F4O/c1-3-18-4-9-20(10-5-18)23-15-14-22(26(30)27(23)31)13-8-19-6-11-21(12-7-19)24-16-17-25(34-2)29(33)28(24)32/h9,14-19,21H,3-8,10-13H2,1-2H3. The van der Waals surface area contributed by atoms with Crippen molar-refractivity contribution in [2.24, 2.45) is 11.8 Å². The van der Waals surface area contributed by atoms with Crippen molar-refractivity contribution in [1.82, 2.24) is 0 Å². The molecule has 0 radical (unpaired) electrons. The fraction of sp³-hybridized carbons (Fsp3) is 0.517. The molecule has 0 heterocycles. The van der Waals surface area contributed by atoms with Gasteiger partial charge < -0.3 is 4.74 Å². The predicted octanol–water partition coefficient (Wildman–Crippen LogP) is 8.75. The van der Waals surface area contributed by atoms with E-state index in [1.165, 1.54) is 13.2 Å². The highest BCUT2D eigenvalue weighted by Gasteiger charge is 2.27. The molecule has 0 bridgehead atoms. The quantitative estimate of drug-likeness (QED) is 0.365. The topological polar surface area (TPSA) is 9.23 Å². The van der Waals surface area contributed by atoms with Gasteiger partial charge in [-0.15, -0.1) is 0 Å². The average molecular weight is 475 g/mol.